The van der Waals surface area contributed by atoms with Gasteiger partial charge in [-0.1, -0.05) is 57.6 Å². The molecule has 1 heterocycles. The standard InChI is InChI=1S/C21H32N2O/c1-2-3-4-5-6-7-8-9-10-14-21(24)23(20-15-16-20)18-19-13-11-12-17-22-19/h10-14,17,20H,2-9,15-16,18H2,1H3. The summed E-state index contributed by atoms with van der Waals surface area (Å²) < 4.78 is 0. The summed E-state index contributed by atoms with van der Waals surface area (Å²) in [5.74, 6) is 0.145. The van der Waals surface area contributed by atoms with E-state index in [1.165, 1.54) is 44.9 Å². The molecule has 1 aliphatic rings. The molecule has 0 aromatic carbocycles. The normalized spacial score (nSPS) is 14.2. The number of carbonyl (C=O) groups is 1. The first-order valence-electron chi connectivity index (χ1n) is 9.68. The van der Waals surface area contributed by atoms with E-state index in [9.17, 15) is 4.79 Å². The number of aromatic nitrogens is 1. The minimum absolute atomic E-state index is 0.145. The van der Waals surface area contributed by atoms with Crippen molar-refractivity contribution in [2.75, 3.05) is 0 Å². The van der Waals surface area contributed by atoms with E-state index in [0.29, 0.717) is 12.6 Å². The van der Waals surface area contributed by atoms with E-state index in [1.807, 2.05) is 23.1 Å². The van der Waals surface area contributed by atoms with Gasteiger partial charge >= 0.3 is 0 Å². The van der Waals surface area contributed by atoms with Gasteiger partial charge in [-0.15, -0.1) is 0 Å². The highest BCUT2D eigenvalue weighted by Gasteiger charge is 2.31. The van der Waals surface area contributed by atoms with Crippen LogP contribution in [0.1, 0.15) is 76.8 Å². The summed E-state index contributed by atoms with van der Waals surface area (Å²) in [4.78, 5) is 18.8. The summed E-state index contributed by atoms with van der Waals surface area (Å²) >= 11 is 0. The van der Waals surface area contributed by atoms with Crippen LogP contribution in [0.15, 0.2) is 36.5 Å². The molecule has 0 atom stereocenters. The Hall–Kier alpha value is -1.64. The van der Waals surface area contributed by atoms with Crippen molar-refractivity contribution < 1.29 is 4.79 Å². The van der Waals surface area contributed by atoms with Crippen molar-refractivity contribution in [2.24, 2.45) is 0 Å². The summed E-state index contributed by atoms with van der Waals surface area (Å²) in [6, 6.07) is 6.30. The van der Waals surface area contributed by atoms with Crippen molar-refractivity contribution in [3.8, 4) is 0 Å². The molecule has 0 bridgehead atoms. The zero-order chi connectivity index (χ0) is 17.0. The van der Waals surface area contributed by atoms with Gasteiger partial charge in [-0.05, 0) is 43.9 Å². The van der Waals surface area contributed by atoms with Gasteiger partial charge in [0.25, 0.3) is 0 Å². The quantitative estimate of drug-likeness (QED) is 0.387. The lowest BCUT2D eigenvalue weighted by molar-refractivity contribution is -0.127. The van der Waals surface area contributed by atoms with Crippen LogP contribution in [-0.2, 0) is 11.3 Å². The third-order valence-electron chi connectivity index (χ3n) is 4.56. The largest absolute Gasteiger partial charge is 0.330 e. The molecule has 24 heavy (non-hydrogen) atoms. The monoisotopic (exact) mass is 328 g/mol. The fourth-order valence-corrected chi connectivity index (χ4v) is 2.94. The Bertz CT molecular complexity index is 494. The van der Waals surface area contributed by atoms with E-state index in [2.05, 4.69) is 18.0 Å². The number of nitrogens with zero attached hydrogens (tertiary/aromatic N) is 2. The Morgan fingerprint density at radius 1 is 1.17 bits per heavy atom. The Balaban J connectivity index is 1.65. The fourth-order valence-electron chi connectivity index (χ4n) is 2.94. The third-order valence-corrected chi connectivity index (χ3v) is 4.56. The van der Waals surface area contributed by atoms with Crippen LogP contribution in [0.2, 0.25) is 0 Å². The SMILES string of the molecule is CCCCCCCCCC=CC(=O)N(Cc1ccccn1)C1CC1. The molecule has 0 spiro atoms. The minimum Gasteiger partial charge on any atom is -0.330 e. The highest BCUT2D eigenvalue weighted by atomic mass is 16.2. The van der Waals surface area contributed by atoms with Crippen LogP contribution in [0.4, 0.5) is 0 Å². The van der Waals surface area contributed by atoms with E-state index in [1.54, 1.807) is 12.3 Å². The number of amides is 1. The average molecular weight is 329 g/mol. The van der Waals surface area contributed by atoms with E-state index in [4.69, 9.17) is 0 Å². The predicted molar refractivity (Wildman–Crippen MR) is 99.6 cm³/mol. The van der Waals surface area contributed by atoms with Crippen LogP contribution in [0.25, 0.3) is 0 Å². The maximum Gasteiger partial charge on any atom is 0.246 e. The smallest absolute Gasteiger partial charge is 0.246 e. The molecule has 1 aromatic rings. The van der Waals surface area contributed by atoms with Gasteiger partial charge in [-0.25, -0.2) is 0 Å². The molecule has 1 saturated carbocycles. The topological polar surface area (TPSA) is 33.2 Å². The first-order chi connectivity index (χ1) is 11.8. The van der Waals surface area contributed by atoms with Crippen molar-refractivity contribution in [2.45, 2.75) is 83.7 Å². The fraction of sp³-hybridized carbons (Fsp3) is 0.619. The predicted octanol–water partition coefficient (Wildman–Crippen LogP) is 5.27. The van der Waals surface area contributed by atoms with Gasteiger partial charge in [-0.3, -0.25) is 9.78 Å². The summed E-state index contributed by atoms with van der Waals surface area (Å²) in [5.41, 5.74) is 0.971. The molecule has 0 aliphatic heterocycles. The van der Waals surface area contributed by atoms with Gasteiger partial charge < -0.3 is 4.90 Å². The number of allylic oxidation sites excluding steroid dienone is 1. The van der Waals surface area contributed by atoms with Crippen molar-refractivity contribution in [3.05, 3.63) is 42.2 Å². The molecule has 132 valence electrons. The first-order valence-corrected chi connectivity index (χ1v) is 9.68. The Morgan fingerprint density at radius 3 is 2.58 bits per heavy atom. The van der Waals surface area contributed by atoms with E-state index >= 15 is 0 Å². The van der Waals surface area contributed by atoms with Crippen LogP contribution in [-0.4, -0.2) is 21.8 Å². The third kappa shape index (κ3) is 7.29. The summed E-state index contributed by atoms with van der Waals surface area (Å²) in [6.07, 6.45) is 18.1. The van der Waals surface area contributed by atoms with Crippen molar-refractivity contribution in [3.63, 3.8) is 0 Å². The summed E-state index contributed by atoms with van der Waals surface area (Å²) in [5, 5.41) is 0. The van der Waals surface area contributed by atoms with Gasteiger partial charge in [0.2, 0.25) is 5.91 Å². The molecule has 3 nitrogen and oxygen atoms in total. The Morgan fingerprint density at radius 2 is 1.92 bits per heavy atom. The zero-order valence-corrected chi connectivity index (χ0v) is 15.1. The highest BCUT2D eigenvalue weighted by Crippen LogP contribution is 2.28. The van der Waals surface area contributed by atoms with E-state index < -0.39 is 0 Å². The molecule has 1 aromatic heterocycles. The second kappa shape index (κ2) is 11.0. The van der Waals surface area contributed by atoms with Crippen molar-refractivity contribution >= 4 is 5.91 Å². The Labute approximate surface area is 147 Å². The molecule has 2 rings (SSSR count). The molecule has 1 amide bonds. The van der Waals surface area contributed by atoms with E-state index in [-0.39, 0.29) is 5.91 Å². The molecular formula is C21H32N2O. The maximum atomic E-state index is 12.4. The first kappa shape index (κ1) is 18.7. The van der Waals surface area contributed by atoms with E-state index in [0.717, 1.165) is 25.0 Å². The minimum atomic E-state index is 0.145. The number of rotatable bonds is 12. The molecule has 0 radical (unpaired) electrons. The zero-order valence-electron chi connectivity index (χ0n) is 15.1. The van der Waals surface area contributed by atoms with Crippen molar-refractivity contribution in [1.82, 2.24) is 9.88 Å². The van der Waals surface area contributed by atoms with Crippen molar-refractivity contribution in [1.29, 1.82) is 0 Å². The Kier molecular flexibility index (Phi) is 8.58. The van der Waals surface area contributed by atoms with Crippen LogP contribution >= 0.6 is 0 Å². The number of carbonyl (C=O) groups excluding carboxylic acids is 1. The molecule has 0 saturated heterocycles. The van der Waals surface area contributed by atoms with Gasteiger partial charge in [0.1, 0.15) is 0 Å². The molecule has 1 fully saturated rings. The lowest BCUT2D eigenvalue weighted by atomic mass is 10.1. The molecule has 3 heteroatoms. The highest BCUT2D eigenvalue weighted by molar-refractivity contribution is 5.88. The maximum absolute atomic E-state index is 12.4. The summed E-state index contributed by atoms with van der Waals surface area (Å²) in [7, 11) is 0. The van der Waals surface area contributed by atoms with Gasteiger partial charge in [0.15, 0.2) is 0 Å². The average Bonchev–Trinajstić information content (AvgIpc) is 3.44. The number of pyridine rings is 1. The number of unbranched alkanes of at least 4 members (excludes halogenated alkanes) is 7. The number of hydrogen-bond donors (Lipinski definition) is 0. The second-order valence-electron chi connectivity index (χ2n) is 6.83. The number of hydrogen-bond acceptors (Lipinski definition) is 2. The molecule has 0 N–H and O–H groups in total. The molecular weight excluding hydrogens is 296 g/mol. The van der Waals surface area contributed by atoms with Gasteiger partial charge in [0.05, 0.1) is 12.2 Å². The van der Waals surface area contributed by atoms with Crippen LogP contribution < -0.4 is 0 Å². The lowest BCUT2D eigenvalue weighted by Gasteiger charge is -2.20. The lowest BCUT2D eigenvalue weighted by Crippen LogP contribution is -2.31. The van der Waals surface area contributed by atoms with Crippen LogP contribution in [0, 0.1) is 0 Å². The molecule has 1 aliphatic carbocycles. The second-order valence-corrected chi connectivity index (χ2v) is 6.83. The summed E-state index contributed by atoms with van der Waals surface area (Å²) in [6.45, 7) is 2.88. The van der Waals surface area contributed by atoms with Crippen LogP contribution in [0.3, 0.4) is 0 Å². The molecule has 0 unspecified atom stereocenters. The van der Waals surface area contributed by atoms with Gasteiger partial charge in [-0.2, -0.15) is 0 Å². The van der Waals surface area contributed by atoms with Gasteiger partial charge in [0, 0.05) is 12.2 Å². The van der Waals surface area contributed by atoms with Crippen LogP contribution in [0.5, 0.6) is 0 Å².